The van der Waals surface area contributed by atoms with Gasteiger partial charge in [-0.1, -0.05) is 0 Å². The van der Waals surface area contributed by atoms with Gasteiger partial charge in [-0.25, -0.2) is 17.6 Å². The first-order valence-electron chi connectivity index (χ1n) is 5.27. The number of carboxylic acid groups (broad SMARTS) is 1. The van der Waals surface area contributed by atoms with Crippen molar-refractivity contribution < 1.29 is 27.4 Å². The highest BCUT2D eigenvalue weighted by atomic mass is 32.2. The number of halogens is 1. The molecule has 0 aliphatic carbocycles. The van der Waals surface area contributed by atoms with E-state index in [1.54, 1.807) is 0 Å². The van der Waals surface area contributed by atoms with Crippen LogP contribution < -0.4 is 0 Å². The van der Waals surface area contributed by atoms with Crippen LogP contribution in [0.1, 0.15) is 16.8 Å². The Morgan fingerprint density at radius 2 is 2.17 bits per heavy atom. The zero-order valence-electron chi connectivity index (χ0n) is 9.30. The summed E-state index contributed by atoms with van der Waals surface area (Å²) in [4.78, 5) is 10.6. The van der Waals surface area contributed by atoms with Crippen molar-refractivity contribution in [3.63, 3.8) is 0 Å². The summed E-state index contributed by atoms with van der Waals surface area (Å²) in [6, 6.07) is 2.78. The van der Waals surface area contributed by atoms with Crippen molar-refractivity contribution in [2.75, 3.05) is 13.2 Å². The van der Waals surface area contributed by atoms with Crippen molar-refractivity contribution in [1.29, 1.82) is 0 Å². The summed E-state index contributed by atoms with van der Waals surface area (Å²) >= 11 is 0. The van der Waals surface area contributed by atoms with Crippen molar-refractivity contribution in [2.24, 2.45) is 0 Å². The van der Waals surface area contributed by atoms with E-state index in [0.717, 1.165) is 18.2 Å². The lowest BCUT2D eigenvalue weighted by atomic mass is 10.2. The first kappa shape index (κ1) is 13.0. The second-order valence-corrected chi connectivity index (χ2v) is 6.21. The van der Waals surface area contributed by atoms with Gasteiger partial charge in [0, 0.05) is 6.61 Å². The van der Waals surface area contributed by atoms with E-state index in [1.165, 1.54) is 0 Å². The second-order valence-electron chi connectivity index (χ2n) is 3.98. The van der Waals surface area contributed by atoms with Crippen molar-refractivity contribution in [3.8, 4) is 0 Å². The third kappa shape index (κ3) is 2.23. The van der Waals surface area contributed by atoms with Gasteiger partial charge in [0.05, 0.1) is 22.3 Å². The van der Waals surface area contributed by atoms with Crippen LogP contribution in [0.4, 0.5) is 4.39 Å². The molecule has 1 saturated heterocycles. The molecule has 1 fully saturated rings. The molecule has 2 rings (SSSR count). The number of hydrogen-bond donors (Lipinski definition) is 1. The number of carboxylic acids is 1. The molecule has 1 heterocycles. The Labute approximate surface area is 103 Å². The molecule has 0 saturated carbocycles. The number of aromatic carboxylic acids is 1. The quantitative estimate of drug-likeness (QED) is 0.834. The molecule has 1 unspecified atom stereocenters. The Kier molecular flexibility index (Phi) is 3.36. The number of ether oxygens (including phenoxy) is 1. The first-order chi connectivity index (χ1) is 8.43. The molecule has 0 aromatic heterocycles. The zero-order chi connectivity index (χ0) is 13.3. The molecule has 5 nitrogen and oxygen atoms in total. The summed E-state index contributed by atoms with van der Waals surface area (Å²) in [6.07, 6.45) is 0.363. The van der Waals surface area contributed by atoms with Crippen LogP contribution in [0, 0.1) is 5.82 Å². The van der Waals surface area contributed by atoms with E-state index in [1.807, 2.05) is 0 Å². The number of rotatable bonds is 3. The summed E-state index contributed by atoms with van der Waals surface area (Å²) in [7, 11) is -3.67. The van der Waals surface area contributed by atoms with E-state index < -0.39 is 32.4 Å². The summed E-state index contributed by atoms with van der Waals surface area (Å²) in [5.74, 6) is -2.45. The SMILES string of the molecule is O=C(O)c1cc(S(=O)(=O)C2CCOC2)ccc1F. The number of sulfone groups is 1. The average Bonchev–Trinajstić information content (AvgIpc) is 2.82. The van der Waals surface area contributed by atoms with Gasteiger partial charge in [-0.15, -0.1) is 0 Å². The Bertz CT molecular complexity index is 575. The van der Waals surface area contributed by atoms with Crippen LogP contribution >= 0.6 is 0 Å². The van der Waals surface area contributed by atoms with Gasteiger partial charge in [0.25, 0.3) is 0 Å². The predicted octanol–water partition coefficient (Wildman–Crippen LogP) is 1.09. The van der Waals surface area contributed by atoms with Crippen LogP contribution in [-0.2, 0) is 14.6 Å². The standard InChI is InChI=1S/C11H11FO5S/c12-10-2-1-7(5-9(10)11(13)14)18(15,16)8-3-4-17-6-8/h1-2,5,8H,3-4,6H2,(H,13,14). The normalized spacial score (nSPS) is 19.9. The Balaban J connectivity index is 2.45. The minimum Gasteiger partial charge on any atom is -0.478 e. The molecule has 0 bridgehead atoms. The fourth-order valence-electron chi connectivity index (χ4n) is 1.80. The highest BCUT2D eigenvalue weighted by Gasteiger charge is 2.32. The van der Waals surface area contributed by atoms with Crippen molar-refractivity contribution in [3.05, 3.63) is 29.6 Å². The highest BCUT2D eigenvalue weighted by Crippen LogP contribution is 2.24. The summed E-state index contributed by atoms with van der Waals surface area (Å²) in [6.45, 7) is 0.443. The molecular formula is C11H11FO5S. The molecule has 1 N–H and O–H groups in total. The maximum atomic E-state index is 13.2. The van der Waals surface area contributed by atoms with Crippen molar-refractivity contribution in [1.82, 2.24) is 0 Å². The second kappa shape index (κ2) is 4.66. The smallest absolute Gasteiger partial charge is 0.338 e. The van der Waals surface area contributed by atoms with Gasteiger partial charge in [-0.2, -0.15) is 0 Å². The van der Waals surface area contributed by atoms with Crippen LogP contribution in [-0.4, -0.2) is 38.0 Å². The Morgan fingerprint density at radius 1 is 1.44 bits per heavy atom. The summed E-state index contributed by atoms with van der Waals surface area (Å²) in [5.41, 5.74) is -0.644. The van der Waals surface area contributed by atoms with Crippen LogP contribution in [0.15, 0.2) is 23.1 Å². The van der Waals surface area contributed by atoms with Crippen LogP contribution in [0.2, 0.25) is 0 Å². The molecule has 98 valence electrons. The molecule has 1 aliphatic rings. The number of hydrogen-bond acceptors (Lipinski definition) is 4. The van der Waals surface area contributed by atoms with Gasteiger partial charge in [0.15, 0.2) is 9.84 Å². The maximum Gasteiger partial charge on any atom is 0.338 e. The molecular weight excluding hydrogens is 263 g/mol. The van der Waals surface area contributed by atoms with Gasteiger partial charge in [-0.3, -0.25) is 0 Å². The summed E-state index contributed by atoms with van der Waals surface area (Å²) < 4.78 is 42.4. The topological polar surface area (TPSA) is 80.7 Å². The first-order valence-corrected chi connectivity index (χ1v) is 6.82. The van der Waals surface area contributed by atoms with E-state index in [9.17, 15) is 17.6 Å². The van der Waals surface area contributed by atoms with E-state index in [0.29, 0.717) is 13.0 Å². The number of benzene rings is 1. The zero-order valence-corrected chi connectivity index (χ0v) is 10.1. The molecule has 1 aromatic carbocycles. The Hall–Kier alpha value is -1.47. The lowest BCUT2D eigenvalue weighted by Gasteiger charge is -2.10. The van der Waals surface area contributed by atoms with Crippen molar-refractivity contribution in [2.45, 2.75) is 16.6 Å². The van der Waals surface area contributed by atoms with Gasteiger partial charge in [-0.05, 0) is 24.6 Å². The van der Waals surface area contributed by atoms with E-state index >= 15 is 0 Å². The molecule has 18 heavy (non-hydrogen) atoms. The molecule has 7 heteroatoms. The lowest BCUT2D eigenvalue weighted by molar-refractivity contribution is 0.0691. The largest absolute Gasteiger partial charge is 0.478 e. The molecule has 1 aliphatic heterocycles. The molecule has 1 aromatic rings. The van der Waals surface area contributed by atoms with E-state index in [2.05, 4.69) is 0 Å². The minimum atomic E-state index is -3.67. The maximum absolute atomic E-state index is 13.2. The van der Waals surface area contributed by atoms with E-state index in [-0.39, 0.29) is 11.5 Å². The van der Waals surface area contributed by atoms with Gasteiger partial charge < -0.3 is 9.84 Å². The summed E-state index contributed by atoms with van der Waals surface area (Å²) in [5, 5.41) is 8.07. The lowest BCUT2D eigenvalue weighted by Crippen LogP contribution is -2.22. The van der Waals surface area contributed by atoms with Gasteiger partial charge in [0.2, 0.25) is 0 Å². The molecule has 0 spiro atoms. The average molecular weight is 274 g/mol. The monoisotopic (exact) mass is 274 g/mol. The minimum absolute atomic E-state index is 0.0854. The Morgan fingerprint density at radius 3 is 2.72 bits per heavy atom. The van der Waals surface area contributed by atoms with Crippen molar-refractivity contribution >= 4 is 15.8 Å². The fourth-order valence-corrected chi connectivity index (χ4v) is 3.40. The predicted molar refractivity (Wildman–Crippen MR) is 59.8 cm³/mol. The van der Waals surface area contributed by atoms with E-state index in [4.69, 9.17) is 9.84 Å². The van der Waals surface area contributed by atoms with Crippen LogP contribution in [0.3, 0.4) is 0 Å². The third-order valence-electron chi connectivity index (χ3n) is 2.82. The van der Waals surface area contributed by atoms with Crippen LogP contribution in [0.25, 0.3) is 0 Å². The van der Waals surface area contributed by atoms with Gasteiger partial charge in [0.1, 0.15) is 5.82 Å². The highest BCUT2D eigenvalue weighted by molar-refractivity contribution is 7.92. The molecule has 0 radical (unpaired) electrons. The third-order valence-corrected chi connectivity index (χ3v) is 4.98. The van der Waals surface area contributed by atoms with Crippen LogP contribution in [0.5, 0.6) is 0 Å². The fraction of sp³-hybridized carbons (Fsp3) is 0.364. The number of carbonyl (C=O) groups is 1. The molecule has 1 atom stereocenters. The molecule has 0 amide bonds. The van der Waals surface area contributed by atoms with Gasteiger partial charge >= 0.3 is 5.97 Å².